The van der Waals surface area contributed by atoms with Crippen LogP contribution in [-0.4, -0.2) is 91.8 Å². The number of nitrogens with zero attached hydrogens (tertiary/aromatic N) is 6. The van der Waals surface area contributed by atoms with Crippen LogP contribution in [0.3, 0.4) is 0 Å². The summed E-state index contributed by atoms with van der Waals surface area (Å²) in [5, 5.41) is 9.65. The molecule has 8 rings (SSSR count). The fourth-order valence-corrected chi connectivity index (χ4v) is 6.89. The number of carbonyl (C=O) groups is 4. The van der Waals surface area contributed by atoms with Crippen molar-refractivity contribution in [3.63, 3.8) is 0 Å². The van der Waals surface area contributed by atoms with Crippen molar-refractivity contribution in [2.75, 3.05) is 39.3 Å². The van der Waals surface area contributed by atoms with Crippen LogP contribution in [0.5, 0.6) is 0 Å². The minimum atomic E-state index is -0.298. The van der Waals surface area contributed by atoms with Gasteiger partial charge in [-0.15, -0.1) is 0 Å². The molecule has 4 aromatic carbocycles. The van der Waals surface area contributed by atoms with Gasteiger partial charge in [0.1, 0.15) is 0 Å². The molecule has 2 aromatic heterocycles. The van der Waals surface area contributed by atoms with E-state index in [1.807, 2.05) is 57.9 Å². The van der Waals surface area contributed by atoms with E-state index < -0.39 is 0 Å². The van der Waals surface area contributed by atoms with Gasteiger partial charge >= 0.3 is 0 Å². The molecule has 2 aliphatic heterocycles. The fourth-order valence-electron chi connectivity index (χ4n) is 6.89. The maximum atomic E-state index is 13.4. The zero-order valence-corrected chi connectivity index (χ0v) is 26.5. The van der Waals surface area contributed by atoms with Crippen LogP contribution >= 0.6 is 0 Å². The molecule has 0 saturated carbocycles. The second-order valence-corrected chi connectivity index (χ2v) is 12.0. The number of rotatable bonds is 12. The lowest BCUT2D eigenvalue weighted by atomic mass is 9.93. The predicted octanol–water partition coefficient (Wildman–Crippen LogP) is 3.83. The molecule has 244 valence electrons. The Hall–Kier alpha value is -5.98. The number of aromatic nitrogens is 4. The number of imidazole rings is 2. The Bertz CT molecular complexity index is 2060. The van der Waals surface area contributed by atoms with Crippen molar-refractivity contribution in [3.05, 3.63) is 120 Å². The van der Waals surface area contributed by atoms with Gasteiger partial charge in [-0.25, -0.2) is 9.97 Å². The number of hydrogen-bond donors (Lipinski definition) is 2. The van der Waals surface area contributed by atoms with Crippen LogP contribution in [0.4, 0.5) is 0 Å². The highest BCUT2D eigenvalue weighted by Gasteiger charge is 2.34. The van der Waals surface area contributed by atoms with E-state index in [0.717, 1.165) is 28.6 Å². The van der Waals surface area contributed by atoms with Crippen LogP contribution in [-0.2, 0) is 0 Å². The van der Waals surface area contributed by atoms with Crippen molar-refractivity contribution in [3.8, 4) is 11.4 Å². The van der Waals surface area contributed by atoms with Crippen molar-refractivity contribution in [1.29, 1.82) is 0 Å². The van der Waals surface area contributed by atoms with E-state index in [0.29, 0.717) is 59.2 Å². The molecule has 0 aliphatic carbocycles. The highest BCUT2D eigenvalue weighted by molar-refractivity contribution is 6.27. The molecule has 2 N–H and O–H groups in total. The normalized spacial score (nSPS) is 14.1. The smallest absolute Gasteiger partial charge is 0.261 e. The van der Waals surface area contributed by atoms with Gasteiger partial charge < -0.3 is 19.8 Å². The minimum absolute atomic E-state index is 0.251. The maximum Gasteiger partial charge on any atom is 0.261 e. The summed E-state index contributed by atoms with van der Waals surface area (Å²) in [6, 6.07) is 18.4. The average molecular weight is 653 g/mol. The summed E-state index contributed by atoms with van der Waals surface area (Å²) in [5.74, 6) is -1.19. The van der Waals surface area contributed by atoms with Crippen molar-refractivity contribution in [2.24, 2.45) is 0 Å². The number of hydrogen-bond acceptors (Lipinski definition) is 8. The van der Waals surface area contributed by atoms with Crippen molar-refractivity contribution in [2.45, 2.75) is 6.42 Å². The molecular weight excluding hydrogens is 620 g/mol. The monoisotopic (exact) mass is 652 g/mol. The van der Waals surface area contributed by atoms with E-state index in [9.17, 15) is 19.2 Å². The van der Waals surface area contributed by atoms with E-state index in [1.165, 1.54) is 9.80 Å². The topological polar surface area (TPSA) is 134 Å². The summed E-state index contributed by atoms with van der Waals surface area (Å²) in [6.07, 6.45) is 11.2. The standard InChI is InChI=1S/C37H32N8O4/c46-34-26-6-1-4-24-30(42-18-14-40-22-42)10-8-28(32(24)26)36(48)44(34)20-16-38-12-3-13-39-17-21-45-35(47)27-7-2-5-25-31(43-19-15-41-23-43)11-9-29(33(25)27)37(45)49/h1-2,4-11,14-15,18-19,22-23,38-39H,3,12-13,16-17,20-21H2. The summed E-state index contributed by atoms with van der Waals surface area (Å²) in [7, 11) is 0. The van der Waals surface area contributed by atoms with Crippen LogP contribution in [0, 0.1) is 0 Å². The fraction of sp³-hybridized carbons (Fsp3) is 0.189. The lowest BCUT2D eigenvalue weighted by Crippen LogP contribution is -2.44. The van der Waals surface area contributed by atoms with E-state index in [2.05, 4.69) is 20.6 Å². The SMILES string of the molecule is O=C1c2cccc3c(-n4ccnc4)ccc(c23)C(=O)N1CCNCCCNCCN1C(=O)c2cccc3c(-n4ccnc4)ccc(c23)C1=O. The molecule has 4 heterocycles. The molecule has 6 aromatic rings. The van der Waals surface area contributed by atoms with Gasteiger partial charge in [-0.3, -0.25) is 29.0 Å². The number of amides is 4. The van der Waals surface area contributed by atoms with E-state index in [4.69, 9.17) is 0 Å². The van der Waals surface area contributed by atoms with Crippen LogP contribution in [0.2, 0.25) is 0 Å². The highest BCUT2D eigenvalue weighted by Crippen LogP contribution is 2.35. The first-order valence-electron chi connectivity index (χ1n) is 16.2. The Morgan fingerprint density at radius 1 is 0.510 bits per heavy atom. The summed E-state index contributed by atoms with van der Waals surface area (Å²) in [6.45, 7) is 2.75. The average Bonchev–Trinajstić information content (AvgIpc) is 3.87. The summed E-state index contributed by atoms with van der Waals surface area (Å²) < 4.78 is 3.74. The Kier molecular flexibility index (Phi) is 7.78. The molecule has 0 radical (unpaired) electrons. The molecule has 4 amide bonds. The molecule has 0 saturated heterocycles. The van der Waals surface area contributed by atoms with E-state index in [-0.39, 0.29) is 36.7 Å². The van der Waals surface area contributed by atoms with Crippen molar-refractivity contribution in [1.82, 2.24) is 39.5 Å². The van der Waals surface area contributed by atoms with Crippen LogP contribution in [0.1, 0.15) is 47.9 Å². The molecule has 12 heteroatoms. The molecule has 0 unspecified atom stereocenters. The van der Waals surface area contributed by atoms with Crippen LogP contribution in [0.25, 0.3) is 32.9 Å². The van der Waals surface area contributed by atoms with Gasteiger partial charge in [0.05, 0.1) is 24.0 Å². The van der Waals surface area contributed by atoms with Gasteiger partial charge in [0, 0.05) is 94.8 Å². The summed E-state index contributed by atoms with van der Waals surface area (Å²) >= 11 is 0. The zero-order chi connectivity index (χ0) is 33.5. The van der Waals surface area contributed by atoms with Gasteiger partial charge in [0.2, 0.25) is 0 Å². The van der Waals surface area contributed by atoms with E-state index in [1.54, 1.807) is 49.3 Å². The molecule has 0 spiro atoms. The molecule has 0 bridgehead atoms. The minimum Gasteiger partial charge on any atom is -0.315 e. The molecule has 49 heavy (non-hydrogen) atoms. The number of nitrogens with one attached hydrogen (secondary N) is 2. The molecular formula is C37H32N8O4. The first-order valence-corrected chi connectivity index (χ1v) is 16.2. The van der Waals surface area contributed by atoms with Gasteiger partial charge in [-0.2, -0.15) is 0 Å². The lowest BCUT2D eigenvalue weighted by molar-refractivity contribution is 0.0597. The largest absolute Gasteiger partial charge is 0.315 e. The molecule has 12 nitrogen and oxygen atoms in total. The predicted molar refractivity (Wildman–Crippen MR) is 183 cm³/mol. The Morgan fingerprint density at radius 2 is 0.939 bits per heavy atom. The second kappa shape index (κ2) is 12.6. The van der Waals surface area contributed by atoms with Gasteiger partial charge in [0.15, 0.2) is 0 Å². The molecule has 0 atom stereocenters. The summed E-state index contributed by atoms with van der Waals surface area (Å²) in [5.41, 5.74) is 3.79. The third-order valence-electron chi connectivity index (χ3n) is 9.23. The van der Waals surface area contributed by atoms with Gasteiger partial charge in [-0.1, -0.05) is 24.3 Å². The lowest BCUT2D eigenvalue weighted by Gasteiger charge is -2.28. The first kappa shape index (κ1) is 30.4. The number of imide groups is 2. The van der Waals surface area contributed by atoms with Gasteiger partial charge in [0.25, 0.3) is 23.6 Å². The highest BCUT2D eigenvalue weighted by atomic mass is 16.2. The maximum absolute atomic E-state index is 13.4. The number of benzene rings is 4. The van der Waals surface area contributed by atoms with Gasteiger partial charge in [-0.05, 0) is 55.9 Å². The zero-order valence-electron chi connectivity index (χ0n) is 26.5. The van der Waals surface area contributed by atoms with Crippen LogP contribution < -0.4 is 10.6 Å². The van der Waals surface area contributed by atoms with Crippen molar-refractivity contribution >= 4 is 45.2 Å². The van der Waals surface area contributed by atoms with Crippen molar-refractivity contribution < 1.29 is 19.2 Å². The third kappa shape index (κ3) is 5.18. The Balaban J connectivity index is 0.817. The second-order valence-electron chi connectivity index (χ2n) is 12.0. The molecule has 0 fully saturated rings. The summed E-state index contributed by atoms with van der Waals surface area (Å²) in [4.78, 5) is 64.5. The quantitative estimate of drug-likeness (QED) is 0.151. The first-order chi connectivity index (χ1) is 24.0. The van der Waals surface area contributed by atoms with E-state index >= 15 is 0 Å². The Morgan fingerprint density at radius 3 is 1.35 bits per heavy atom. The number of carbonyl (C=O) groups excluding carboxylic acids is 4. The van der Waals surface area contributed by atoms with Crippen LogP contribution in [0.15, 0.2) is 98.1 Å². The molecule has 2 aliphatic rings. The Labute approximate surface area is 281 Å². The third-order valence-corrected chi connectivity index (χ3v) is 9.23.